The molecule has 0 aromatic heterocycles. The number of benzene rings is 2. The predicted molar refractivity (Wildman–Crippen MR) is 92.4 cm³/mol. The van der Waals surface area contributed by atoms with Crippen LogP contribution in [0.25, 0.3) is 0 Å². The first-order valence-corrected chi connectivity index (χ1v) is 8.30. The average molecular weight is 371 g/mol. The summed E-state index contributed by atoms with van der Waals surface area (Å²) in [6, 6.07) is 9.26. The molecule has 0 fully saturated rings. The SMILES string of the molecule is CC(=O)OC(C)N1C(=O)C(O)(c2cc3c(cc2O)OCO3)c2ccccc21. The number of para-hydroxylation sites is 1. The number of aliphatic hydroxyl groups is 1. The van der Waals surface area contributed by atoms with Gasteiger partial charge in [0, 0.05) is 24.1 Å². The molecule has 0 bridgehead atoms. The molecule has 2 heterocycles. The summed E-state index contributed by atoms with van der Waals surface area (Å²) in [6.07, 6.45) is -0.943. The Morgan fingerprint density at radius 2 is 1.89 bits per heavy atom. The third-order valence-electron chi connectivity index (χ3n) is 4.66. The van der Waals surface area contributed by atoms with Crippen molar-refractivity contribution < 1.29 is 34.0 Å². The van der Waals surface area contributed by atoms with E-state index in [0.29, 0.717) is 17.2 Å². The lowest BCUT2D eigenvalue weighted by Gasteiger charge is -2.27. The number of aromatic hydroxyl groups is 1. The number of ether oxygens (including phenoxy) is 3. The Kier molecular flexibility index (Phi) is 3.74. The highest BCUT2D eigenvalue weighted by Crippen LogP contribution is 2.50. The van der Waals surface area contributed by atoms with E-state index in [1.807, 2.05) is 0 Å². The van der Waals surface area contributed by atoms with E-state index in [0.717, 1.165) is 0 Å². The van der Waals surface area contributed by atoms with Gasteiger partial charge in [-0.15, -0.1) is 0 Å². The quantitative estimate of drug-likeness (QED) is 0.790. The summed E-state index contributed by atoms with van der Waals surface area (Å²) in [5.74, 6) is -0.982. The molecule has 0 spiro atoms. The van der Waals surface area contributed by atoms with Gasteiger partial charge >= 0.3 is 5.97 Å². The number of carbonyl (C=O) groups is 2. The summed E-state index contributed by atoms with van der Waals surface area (Å²) >= 11 is 0. The van der Waals surface area contributed by atoms with Crippen LogP contribution in [-0.4, -0.2) is 35.1 Å². The van der Waals surface area contributed by atoms with Gasteiger partial charge in [-0.05, 0) is 19.1 Å². The first-order chi connectivity index (χ1) is 12.8. The van der Waals surface area contributed by atoms with E-state index < -0.39 is 23.7 Å². The Morgan fingerprint density at radius 3 is 2.59 bits per heavy atom. The number of carbonyl (C=O) groups excluding carboxylic acids is 2. The van der Waals surface area contributed by atoms with Crippen molar-refractivity contribution in [3.8, 4) is 17.2 Å². The Balaban J connectivity index is 1.88. The molecule has 2 aliphatic heterocycles. The first-order valence-electron chi connectivity index (χ1n) is 8.30. The first kappa shape index (κ1) is 17.2. The number of phenols is 1. The molecular formula is C19H17NO7. The summed E-state index contributed by atoms with van der Waals surface area (Å²) in [4.78, 5) is 25.8. The highest BCUT2D eigenvalue weighted by molar-refractivity contribution is 6.09. The van der Waals surface area contributed by atoms with E-state index in [-0.39, 0.29) is 23.7 Å². The number of hydrogen-bond donors (Lipinski definition) is 2. The summed E-state index contributed by atoms with van der Waals surface area (Å²) in [5, 5.41) is 21.9. The molecule has 1 amide bonds. The molecule has 0 saturated heterocycles. The Morgan fingerprint density at radius 1 is 1.22 bits per heavy atom. The number of hydrogen-bond acceptors (Lipinski definition) is 7. The molecule has 2 aliphatic rings. The molecule has 2 unspecified atom stereocenters. The minimum Gasteiger partial charge on any atom is -0.507 e. The Labute approximate surface area is 154 Å². The van der Waals surface area contributed by atoms with Crippen LogP contribution in [-0.2, 0) is 19.9 Å². The molecule has 27 heavy (non-hydrogen) atoms. The third-order valence-corrected chi connectivity index (χ3v) is 4.66. The van der Waals surface area contributed by atoms with Gasteiger partial charge in [0.2, 0.25) is 12.4 Å². The molecule has 2 aromatic rings. The maximum Gasteiger partial charge on any atom is 0.304 e. The van der Waals surface area contributed by atoms with Gasteiger partial charge in [0.15, 0.2) is 17.7 Å². The molecule has 2 N–H and O–H groups in total. The van der Waals surface area contributed by atoms with Crippen molar-refractivity contribution in [2.45, 2.75) is 25.7 Å². The molecule has 2 atom stereocenters. The van der Waals surface area contributed by atoms with E-state index in [9.17, 15) is 19.8 Å². The van der Waals surface area contributed by atoms with Crippen LogP contribution in [0.3, 0.4) is 0 Å². The van der Waals surface area contributed by atoms with Crippen molar-refractivity contribution in [3.05, 3.63) is 47.5 Å². The minimum absolute atomic E-state index is 0.0171. The molecule has 0 radical (unpaired) electrons. The normalized spacial score (nSPS) is 21.1. The molecule has 8 nitrogen and oxygen atoms in total. The number of nitrogens with zero attached hydrogens (tertiary/aromatic N) is 1. The summed E-state index contributed by atoms with van der Waals surface area (Å²) in [5.41, 5.74) is -1.56. The van der Waals surface area contributed by atoms with Crippen LogP contribution in [0.1, 0.15) is 25.0 Å². The van der Waals surface area contributed by atoms with Gasteiger partial charge < -0.3 is 24.4 Å². The van der Waals surface area contributed by atoms with Crippen molar-refractivity contribution in [1.29, 1.82) is 0 Å². The number of rotatable bonds is 3. The van der Waals surface area contributed by atoms with Crippen LogP contribution >= 0.6 is 0 Å². The largest absolute Gasteiger partial charge is 0.507 e. The van der Waals surface area contributed by atoms with Gasteiger partial charge in [-0.1, -0.05) is 18.2 Å². The molecular weight excluding hydrogens is 354 g/mol. The van der Waals surface area contributed by atoms with Crippen molar-refractivity contribution in [2.24, 2.45) is 0 Å². The topological polar surface area (TPSA) is 106 Å². The lowest BCUT2D eigenvalue weighted by molar-refractivity contribution is -0.147. The van der Waals surface area contributed by atoms with Gasteiger partial charge in [0.1, 0.15) is 5.75 Å². The fourth-order valence-corrected chi connectivity index (χ4v) is 3.52. The molecule has 0 aliphatic carbocycles. The van der Waals surface area contributed by atoms with Crippen LogP contribution < -0.4 is 14.4 Å². The number of fused-ring (bicyclic) bond motifs is 2. The highest BCUT2D eigenvalue weighted by Gasteiger charge is 2.54. The number of phenolic OH excluding ortho intramolecular Hbond substituents is 1. The summed E-state index contributed by atoms with van der Waals surface area (Å²) in [6.45, 7) is 2.75. The molecule has 0 saturated carbocycles. The molecule has 140 valence electrons. The van der Waals surface area contributed by atoms with E-state index >= 15 is 0 Å². The third kappa shape index (κ3) is 2.41. The van der Waals surface area contributed by atoms with Gasteiger partial charge in [-0.2, -0.15) is 0 Å². The zero-order valence-corrected chi connectivity index (χ0v) is 14.6. The lowest BCUT2D eigenvalue weighted by Crippen LogP contribution is -2.46. The monoisotopic (exact) mass is 371 g/mol. The van der Waals surface area contributed by atoms with Gasteiger partial charge in [-0.25, -0.2) is 0 Å². The summed E-state index contributed by atoms with van der Waals surface area (Å²) in [7, 11) is 0. The fourth-order valence-electron chi connectivity index (χ4n) is 3.52. The zero-order valence-electron chi connectivity index (χ0n) is 14.6. The second-order valence-corrected chi connectivity index (χ2v) is 6.33. The standard InChI is InChI=1S/C19H17NO7/c1-10(27-11(2)21)20-14-6-4-3-5-12(14)19(24,18(20)23)13-7-16-17(8-15(13)22)26-9-25-16/h3-8,10,22,24H,9H2,1-2H3. The summed E-state index contributed by atoms with van der Waals surface area (Å²) < 4.78 is 15.7. The average Bonchev–Trinajstić information content (AvgIpc) is 3.15. The number of esters is 1. The number of anilines is 1. The maximum absolute atomic E-state index is 13.3. The maximum atomic E-state index is 13.3. The molecule has 2 aromatic carbocycles. The van der Waals surface area contributed by atoms with Crippen LogP contribution in [0.15, 0.2) is 36.4 Å². The van der Waals surface area contributed by atoms with Gasteiger partial charge in [0.25, 0.3) is 5.91 Å². The van der Waals surface area contributed by atoms with Crippen molar-refractivity contribution in [1.82, 2.24) is 0 Å². The van der Waals surface area contributed by atoms with Crippen LogP contribution in [0.4, 0.5) is 5.69 Å². The van der Waals surface area contributed by atoms with Crippen molar-refractivity contribution >= 4 is 17.6 Å². The van der Waals surface area contributed by atoms with Crippen LogP contribution in [0.2, 0.25) is 0 Å². The second-order valence-electron chi connectivity index (χ2n) is 6.33. The molecule has 4 rings (SSSR count). The Hall–Kier alpha value is -3.26. The van der Waals surface area contributed by atoms with Gasteiger partial charge in [0.05, 0.1) is 5.69 Å². The molecule has 8 heteroatoms. The van der Waals surface area contributed by atoms with Crippen molar-refractivity contribution in [2.75, 3.05) is 11.7 Å². The van der Waals surface area contributed by atoms with E-state index in [1.165, 1.54) is 30.9 Å². The fraction of sp³-hybridized carbons (Fsp3) is 0.263. The van der Waals surface area contributed by atoms with E-state index in [2.05, 4.69) is 0 Å². The van der Waals surface area contributed by atoms with Crippen LogP contribution in [0.5, 0.6) is 17.2 Å². The zero-order chi connectivity index (χ0) is 19.3. The Bertz CT molecular complexity index is 957. The van der Waals surface area contributed by atoms with Gasteiger partial charge in [-0.3, -0.25) is 14.5 Å². The number of amides is 1. The lowest BCUT2D eigenvalue weighted by atomic mass is 9.86. The minimum atomic E-state index is -2.17. The smallest absolute Gasteiger partial charge is 0.304 e. The highest BCUT2D eigenvalue weighted by atomic mass is 16.7. The van der Waals surface area contributed by atoms with E-state index in [4.69, 9.17) is 14.2 Å². The second kappa shape index (κ2) is 5.88. The van der Waals surface area contributed by atoms with Crippen molar-refractivity contribution in [3.63, 3.8) is 0 Å². The van der Waals surface area contributed by atoms with E-state index in [1.54, 1.807) is 24.3 Å². The van der Waals surface area contributed by atoms with Crippen LogP contribution in [0, 0.1) is 0 Å². The predicted octanol–water partition coefficient (Wildman–Crippen LogP) is 1.61.